The van der Waals surface area contributed by atoms with Gasteiger partial charge in [-0.15, -0.1) is 0 Å². The second-order valence-electron chi connectivity index (χ2n) is 10.9. The molecular formula is C33H52N2O5. The first-order chi connectivity index (χ1) is 19.0. The molecule has 224 valence electrons. The minimum Gasteiger partial charge on any atom is -0.494 e. The van der Waals surface area contributed by atoms with Gasteiger partial charge in [0.25, 0.3) is 6.41 Å². The van der Waals surface area contributed by atoms with E-state index >= 15 is 0 Å². The van der Waals surface area contributed by atoms with E-state index in [1.807, 2.05) is 39.8 Å². The SMILES string of the molecule is CCC(=C\C=C(C)c1ccc(OCCCCCCO)cc1)/C(C)=C/C(CC(C)=NC(O)OC)=NCOC(C)(C)C. The van der Waals surface area contributed by atoms with Crippen LogP contribution in [-0.2, 0) is 9.47 Å². The van der Waals surface area contributed by atoms with Crippen LogP contribution in [0.4, 0.5) is 0 Å². The number of aliphatic hydroxyl groups is 2. The van der Waals surface area contributed by atoms with Crippen molar-refractivity contribution in [3.05, 3.63) is 59.2 Å². The highest BCUT2D eigenvalue weighted by Gasteiger charge is 2.10. The number of methoxy groups -OCH3 is 1. The van der Waals surface area contributed by atoms with E-state index in [0.29, 0.717) is 13.0 Å². The molecule has 2 N–H and O–H groups in total. The van der Waals surface area contributed by atoms with E-state index in [-0.39, 0.29) is 18.9 Å². The molecule has 0 aliphatic heterocycles. The number of hydrogen-bond acceptors (Lipinski definition) is 7. The van der Waals surface area contributed by atoms with Crippen molar-refractivity contribution in [2.45, 2.75) is 99.0 Å². The fourth-order valence-electron chi connectivity index (χ4n) is 3.77. The summed E-state index contributed by atoms with van der Waals surface area (Å²) in [7, 11) is 1.41. The summed E-state index contributed by atoms with van der Waals surface area (Å²) in [5, 5.41) is 18.6. The highest BCUT2D eigenvalue weighted by molar-refractivity contribution is 6.09. The van der Waals surface area contributed by atoms with Crippen LogP contribution in [0.3, 0.4) is 0 Å². The Morgan fingerprint density at radius 1 is 1.00 bits per heavy atom. The number of ether oxygens (including phenoxy) is 3. The van der Waals surface area contributed by atoms with Crippen LogP contribution in [0, 0.1) is 0 Å². The molecule has 0 radical (unpaired) electrons. The molecule has 0 fully saturated rings. The Balaban J connectivity index is 2.99. The van der Waals surface area contributed by atoms with E-state index in [2.05, 4.69) is 61.1 Å². The second-order valence-corrected chi connectivity index (χ2v) is 10.9. The first kappa shape index (κ1) is 35.4. The molecule has 0 amide bonds. The number of unbranched alkanes of at least 4 members (excludes halogenated alkanes) is 3. The lowest BCUT2D eigenvalue weighted by Crippen LogP contribution is -2.19. The lowest BCUT2D eigenvalue weighted by Gasteiger charge is -2.18. The van der Waals surface area contributed by atoms with E-state index in [1.165, 1.54) is 18.3 Å². The van der Waals surface area contributed by atoms with Crippen LogP contribution >= 0.6 is 0 Å². The minimum atomic E-state index is -1.18. The summed E-state index contributed by atoms with van der Waals surface area (Å²) in [6, 6.07) is 8.21. The molecule has 7 heteroatoms. The predicted molar refractivity (Wildman–Crippen MR) is 167 cm³/mol. The Bertz CT molecular complexity index is 1010. The Kier molecular flexibility index (Phi) is 17.3. The Morgan fingerprint density at radius 2 is 1.68 bits per heavy atom. The summed E-state index contributed by atoms with van der Waals surface area (Å²) in [5.74, 6) is 0.876. The minimum absolute atomic E-state index is 0.246. The number of nitrogens with zero attached hydrogens (tertiary/aromatic N) is 2. The van der Waals surface area contributed by atoms with Crippen LogP contribution in [-0.4, -0.2) is 60.7 Å². The van der Waals surface area contributed by atoms with Crippen molar-refractivity contribution in [3.63, 3.8) is 0 Å². The fourth-order valence-corrected chi connectivity index (χ4v) is 3.77. The van der Waals surface area contributed by atoms with Gasteiger partial charge in [-0.1, -0.05) is 37.6 Å². The van der Waals surface area contributed by atoms with Crippen molar-refractivity contribution >= 4 is 17.0 Å². The van der Waals surface area contributed by atoms with Crippen molar-refractivity contribution < 1.29 is 24.4 Å². The molecule has 1 atom stereocenters. The summed E-state index contributed by atoms with van der Waals surface area (Å²) >= 11 is 0. The number of aliphatic imine (C=N–C) groups is 2. The van der Waals surface area contributed by atoms with Crippen LogP contribution < -0.4 is 4.74 Å². The third-order valence-corrected chi connectivity index (χ3v) is 6.18. The van der Waals surface area contributed by atoms with Gasteiger partial charge in [0.15, 0.2) is 0 Å². The zero-order valence-electron chi connectivity index (χ0n) is 26.0. The van der Waals surface area contributed by atoms with Crippen molar-refractivity contribution in [1.29, 1.82) is 0 Å². The summed E-state index contributed by atoms with van der Waals surface area (Å²) in [4.78, 5) is 8.83. The third kappa shape index (κ3) is 15.9. The average molecular weight is 557 g/mol. The average Bonchev–Trinajstić information content (AvgIpc) is 2.90. The molecule has 7 nitrogen and oxygen atoms in total. The zero-order chi connectivity index (χ0) is 30.0. The molecule has 0 aliphatic carbocycles. The van der Waals surface area contributed by atoms with Crippen LogP contribution in [0.25, 0.3) is 5.57 Å². The molecule has 0 saturated heterocycles. The van der Waals surface area contributed by atoms with Gasteiger partial charge < -0.3 is 24.4 Å². The van der Waals surface area contributed by atoms with Crippen LogP contribution in [0.15, 0.2) is 63.6 Å². The molecule has 1 rings (SSSR count). The summed E-state index contributed by atoms with van der Waals surface area (Å²) < 4.78 is 16.5. The standard InChI is InChI=1S/C33H52N2O5/c1-9-28(15-14-25(2)29-16-18-31(19-17-29)39-21-13-11-10-12-20-36)26(3)22-30(34-24-40-33(5,6)7)23-27(4)35-32(37)38-8/h14-19,22,32,36-37H,9-13,20-21,23-24H2,1-8H3/b25-14?,26-22+,28-15+,34-30?,35-27?. The molecule has 0 aliphatic rings. The van der Waals surface area contributed by atoms with Gasteiger partial charge in [0, 0.05) is 31.6 Å². The first-order valence-corrected chi connectivity index (χ1v) is 14.3. The van der Waals surface area contributed by atoms with Crippen LogP contribution in [0.1, 0.15) is 92.6 Å². The molecule has 0 aromatic heterocycles. The van der Waals surface area contributed by atoms with Gasteiger partial charge in [-0.3, -0.25) is 4.99 Å². The Morgan fingerprint density at radius 3 is 2.27 bits per heavy atom. The quantitative estimate of drug-likeness (QED) is 0.0857. The normalized spacial score (nSPS) is 15.0. The summed E-state index contributed by atoms with van der Waals surface area (Å²) in [6.45, 7) is 15.4. The molecule has 1 aromatic carbocycles. The van der Waals surface area contributed by atoms with Crippen LogP contribution in [0.2, 0.25) is 0 Å². The van der Waals surface area contributed by atoms with E-state index in [9.17, 15) is 5.11 Å². The molecule has 0 spiro atoms. The van der Waals surface area contributed by atoms with E-state index in [4.69, 9.17) is 19.3 Å². The largest absolute Gasteiger partial charge is 0.494 e. The molecule has 0 saturated carbocycles. The lowest BCUT2D eigenvalue weighted by molar-refractivity contribution is -0.0658. The van der Waals surface area contributed by atoms with Gasteiger partial charge in [-0.2, -0.15) is 0 Å². The number of benzene rings is 1. The molecule has 0 bridgehead atoms. The maximum atomic E-state index is 9.72. The smallest absolute Gasteiger partial charge is 0.255 e. The van der Waals surface area contributed by atoms with Crippen molar-refractivity contribution in [2.24, 2.45) is 9.98 Å². The number of aliphatic hydroxyl groups excluding tert-OH is 2. The molecule has 1 aromatic rings. The summed E-state index contributed by atoms with van der Waals surface area (Å²) in [5.41, 5.74) is 5.90. The first-order valence-electron chi connectivity index (χ1n) is 14.3. The Labute approximate surface area is 242 Å². The number of allylic oxidation sites excluding steroid dienone is 6. The van der Waals surface area contributed by atoms with Crippen molar-refractivity contribution in [1.82, 2.24) is 0 Å². The van der Waals surface area contributed by atoms with E-state index in [0.717, 1.165) is 60.4 Å². The molecular weight excluding hydrogens is 504 g/mol. The van der Waals surface area contributed by atoms with Gasteiger partial charge in [0.2, 0.25) is 0 Å². The second kappa shape index (κ2) is 19.5. The fraction of sp³-hybridized carbons (Fsp3) is 0.576. The van der Waals surface area contributed by atoms with Crippen molar-refractivity contribution in [2.75, 3.05) is 27.1 Å². The highest BCUT2D eigenvalue weighted by Crippen LogP contribution is 2.21. The maximum absolute atomic E-state index is 9.72. The molecule has 1 unspecified atom stereocenters. The van der Waals surface area contributed by atoms with Gasteiger partial charge in [0.05, 0.1) is 12.2 Å². The maximum Gasteiger partial charge on any atom is 0.255 e. The van der Waals surface area contributed by atoms with Crippen LogP contribution in [0.5, 0.6) is 5.75 Å². The van der Waals surface area contributed by atoms with E-state index in [1.54, 1.807) is 0 Å². The molecule has 40 heavy (non-hydrogen) atoms. The van der Waals surface area contributed by atoms with Crippen molar-refractivity contribution in [3.8, 4) is 5.75 Å². The van der Waals surface area contributed by atoms with E-state index < -0.39 is 6.41 Å². The van der Waals surface area contributed by atoms with Gasteiger partial charge >= 0.3 is 0 Å². The summed E-state index contributed by atoms with van der Waals surface area (Å²) in [6.07, 6.45) is 10.5. The number of rotatable bonds is 18. The molecule has 0 heterocycles. The van der Waals surface area contributed by atoms with Gasteiger partial charge in [-0.25, -0.2) is 4.99 Å². The lowest BCUT2D eigenvalue weighted by atomic mass is 10.00. The highest BCUT2D eigenvalue weighted by atomic mass is 16.6. The zero-order valence-corrected chi connectivity index (χ0v) is 26.0. The van der Waals surface area contributed by atoms with Gasteiger partial charge in [-0.05, 0) is 108 Å². The number of hydrogen-bond donors (Lipinski definition) is 2. The van der Waals surface area contributed by atoms with Gasteiger partial charge in [0.1, 0.15) is 12.5 Å². The predicted octanol–water partition coefficient (Wildman–Crippen LogP) is 7.29. The Hall–Kier alpha value is -2.58. The monoisotopic (exact) mass is 556 g/mol. The third-order valence-electron chi connectivity index (χ3n) is 6.18. The topological polar surface area (TPSA) is 92.9 Å².